The minimum Gasteiger partial charge on any atom is -0.274 e. The number of halogens is 3. The van der Waals surface area contributed by atoms with E-state index in [1.807, 2.05) is 32.0 Å². The first-order chi connectivity index (χ1) is 11.8. The van der Waals surface area contributed by atoms with Gasteiger partial charge in [-0.3, -0.25) is 10.1 Å². The van der Waals surface area contributed by atoms with Crippen molar-refractivity contribution in [3.8, 4) is 0 Å². The number of hydrogen-bond donors (Lipinski definition) is 1. The van der Waals surface area contributed by atoms with Gasteiger partial charge in [-0.15, -0.1) is 0 Å². The van der Waals surface area contributed by atoms with Crippen molar-refractivity contribution < 1.29 is 13.2 Å². The molecule has 0 radical (unpaired) electrons. The van der Waals surface area contributed by atoms with Crippen LogP contribution in [0.5, 0.6) is 0 Å². The smallest absolute Gasteiger partial charge is 0.274 e. The predicted molar refractivity (Wildman–Crippen MR) is 95.7 cm³/mol. The van der Waals surface area contributed by atoms with Gasteiger partial charge in [0.25, 0.3) is 0 Å². The number of alkyl halides is 3. The van der Waals surface area contributed by atoms with Gasteiger partial charge in [0.05, 0.1) is 11.7 Å². The average molecular weight is 365 g/mol. The molecular weight excluding hydrogens is 347 g/mol. The van der Waals surface area contributed by atoms with Gasteiger partial charge in [-0.2, -0.15) is 18.3 Å². The number of nitrogens with zero attached hydrogens (tertiary/aromatic N) is 2. The summed E-state index contributed by atoms with van der Waals surface area (Å²) in [4.78, 5) is 0.839. The number of hydrazone groups is 1. The molecule has 0 saturated heterocycles. The van der Waals surface area contributed by atoms with Crippen LogP contribution in [0.4, 0.5) is 18.9 Å². The zero-order chi connectivity index (χ0) is 18.2. The second-order valence-corrected chi connectivity index (χ2v) is 6.77. The highest BCUT2D eigenvalue weighted by Gasteiger charge is 2.43. The molecular formula is C18H18F3N3S. The summed E-state index contributed by atoms with van der Waals surface area (Å²) in [5.74, 6) is 0. The summed E-state index contributed by atoms with van der Waals surface area (Å²) in [7, 11) is 0. The molecule has 1 atom stereocenters. The fourth-order valence-electron chi connectivity index (χ4n) is 2.83. The van der Waals surface area contributed by atoms with Crippen molar-refractivity contribution in [1.29, 1.82) is 0 Å². The number of rotatable bonds is 3. The van der Waals surface area contributed by atoms with Crippen LogP contribution in [0.1, 0.15) is 29.2 Å². The average Bonchev–Trinajstić information content (AvgIpc) is 3.03. The van der Waals surface area contributed by atoms with Crippen LogP contribution in [0.25, 0.3) is 0 Å². The standard InChI is InChI=1S/C18H18F3N3S/c1-11-3-4-13(9-12(11)2)16-10-17(18(19,20)21)23-24(16)14-5-7-15(25-22)8-6-14/h3-9,16H,10,22H2,1-2H3. The molecule has 1 aliphatic rings. The molecule has 2 aromatic carbocycles. The van der Waals surface area contributed by atoms with Gasteiger partial charge in [0.15, 0.2) is 0 Å². The monoisotopic (exact) mass is 365 g/mol. The Morgan fingerprint density at radius 1 is 1.08 bits per heavy atom. The molecule has 0 amide bonds. The van der Waals surface area contributed by atoms with Crippen LogP contribution in [0, 0.1) is 13.8 Å². The number of nitrogens with two attached hydrogens (primary N) is 1. The first-order valence-electron chi connectivity index (χ1n) is 7.77. The Kier molecular flexibility index (Phi) is 4.79. The zero-order valence-corrected chi connectivity index (χ0v) is 14.7. The Hall–Kier alpha value is -1.99. The van der Waals surface area contributed by atoms with Crippen LogP contribution in [-0.4, -0.2) is 11.9 Å². The highest BCUT2D eigenvalue weighted by atomic mass is 32.2. The molecule has 0 aromatic heterocycles. The Balaban J connectivity index is 2.01. The normalized spacial score (nSPS) is 17.8. The first-order valence-corrected chi connectivity index (χ1v) is 8.65. The summed E-state index contributed by atoms with van der Waals surface area (Å²) < 4.78 is 39.7. The van der Waals surface area contributed by atoms with Crippen molar-refractivity contribution in [2.24, 2.45) is 10.2 Å². The molecule has 2 N–H and O–H groups in total. The van der Waals surface area contributed by atoms with Crippen molar-refractivity contribution in [3.05, 3.63) is 59.2 Å². The minimum atomic E-state index is -4.43. The zero-order valence-electron chi connectivity index (χ0n) is 13.8. The van der Waals surface area contributed by atoms with E-state index in [1.165, 1.54) is 5.01 Å². The van der Waals surface area contributed by atoms with E-state index in [4.69, 9.17) is 5.14 Å². The Morgan fingerprint density at radius 3 is 2.32 bits per heavy atom. The van der Waals surface area contributed by atoms with Crippen molar-refractivity contribution in [2.45, 2.75) is 37.4 Å². The fourth-order valence-corrected chi connectivity index (χ4v) is 3.12. The molecule has 0 bridgehead atoms. The largest absolute Gasteiger partial charge is 0.431 e. The lowest BCUT2D eigenvalue weighted by molar-refractivity contribution is -0.0600. The molecule has 0 saturated carbocycles. The van der Waals surface area contributed by atoms with Crippen molar-refractivity contribution in [3.63, 3.8) is 0 Å². The van der Waals surface area contributed by atoms with Gasteiger partial charge in [0.2, 0.25) is 0 Å². The molecule has 0 spiro atoms. The fraction of sp³-hybridized carbons (Fsp3) is 0.278. The molecule has 7 heteroatoms. The summed E-state index contributed by atoms with van der Waals surface area (Å²) in [5, 5.41) is 10.8. The minimum absolute atomic E-state index is 0.167. The van der Waals surface area contributed by atoms with Crippen LogP contribution in [0.15, 0.2) is 52.5 Å². The maximum atomic E-state index is 13.2. The van der Waals surface area contributed by atoms with Crippen molar-refractivity contribution in [1.82, 2.24) is 0 Å². The van der Waals surface area contributed by atoms with E-state index in [-0.39, 0.29) is 6.42 Å². The highest BCUT2D eigenvalue weighted by molar-refractivity contribution is 7.97. The van der Waals surface area contributed by atoms with Gasteiger partial charge < -0.3 is 0 Å². The van der Waals surface area contributed by atoms with E-state index >= 15 is 0 Å². The van der Waals surface area contributed by atoms with Crippen LogP contribution in [0.2, 0.25) is 0 Å². The second-order valence-electron chi connectivity index (χ2n) is 6.06. The van der Waals surface area contributed by atoms with Gasteiger partial charge in [0.1, 0.15) is 5.71 Å². The third-order valence-electron chi connectivity index (χ3n) is 4.39. The van der Waals surface area contributed by atoms with Crippen molar-refractivity contribution >= 4 is 23.3 Å². The van der Waals surface area contributed by atoms with E-state index in [9.17, 15) is 13.2 Å². The van der Waals surface area contributed by atoms with Gasteiger partial charge in [-0.1, -0.05) is 18.2 Å². The van der Waals surface area contributed by atoms with E-state index < -0.39 is 17.9 Å². The summed E-state index contributed by atoms with van der Waals surface area (Å²) in [6.45, 7) is 3.93. The maximum absolute atomic E-state index is 13.2. The summed E-state index contributed by atoms with van der Waals surface area (Å²) in [6.07, 6.45) is -4.60. The lowest BCUT2D eigenvalue weighted by Crippen LogP contribution is -2.21. The van der Waals surface area contributed by atoms with Gasteiger partial charge in [0, 0.05) is 11.3 Å². The molecule has 25 heavy (non-hydrogen) atoms. The Morgan fingerprint density at radius 2 is 1.76 bits per heavy atom. The van der Waals surface area contributed by atoms with E-state index in [0.717, 1.165) is 33.5 Å². The summed E-state index contributed by atoms with van der Waals surface area (Å²) >= 11 is 1.09. The molecule has 0 aliphatic carbocycles. The number of benzene rings is 2. The third-order valence-corrected chi connectivity index (χ3v) is 4.93. The quantitative estimate of drug-likeness (QED) is 0.766. The lowest BCUT2D eigenvalue weighted by Gasteiger charge is -2.24. The molecule has 3 rings (SSSR count). The van der Waals surface area contributed by atoms with Crippen LogP contribution >= 0.6 is 11.9 Å². The van der Waals surface area contributed by atoms with Gasteiger partial charge >= 0.3 is 6.18 Å². The Labute approximate surface area is 148 Å². The van der Waals surface area contributed by atoms with Crippen LogP contribution in [0.3, 0.4) is 0 Å². The lowest BCUT2D eigenvalue weighted by atomic mass is 9.97. The van der Waals surface area contributed by atoms with E-state index in [2.05, 4.69) is 5.10 Å². The summed E-state index contributed by atoms with van der Waals surface area (Å²) in [6, 6.07) is 12.3. The molecule has 1 heterocycles. The molecule has 132 valence electrons. The number of hydrogen-bond acceptors (Lipinski definition) is 4. The summed E-state index contributed by atoms with van der Waals surface area (Å²) in [5.41, 5.74) is 2.83. The van der Waals surface area contributed by atoms with Crippen LogP contribution in [-0.2, 0) is 0 Å². The third kappa shape index (κ3) is 3.67. The maximum Gasteiger partial charge on any atom is 0.431 e. The molecule has 0 fully saturated rings. The highest BCUT2D eigenvalue weighted by Crippen LogP contribution is 2.39. The second kappa shape index (κ2) is 6.72. The van der Waals surface area contributed by atoms with Crippen molar-refractivity contribution in [2.75, 3.05) is 5.01 Å². The topological polar surface area (TPSA) is 41.6 Å². The molecule has 3 nitrogen and oxygen atoms in total. The van der Waals surface area contributed by atoms with Gasteiger partial charge in [-0.05, 0) is 66.8 Å². The Bertz CT molecular complexity index is 800. The molecule has 2 aromatic rings. The predicted octanol–water partition coefficient (Wildman–Crippen LogP) is 5.14. The van der Waals surface area contributed by atoms with Crippen LogP contribution < -0.4 is 10.1 Å². The van der Waals surface area contributed by atoms with E-state index in [1.54, 1.807) is 24.3 Å². The number of anilines is 1. The first kappa shape index (κ1) is 17.8. The SMILES string of the molecule is Cc1ccc(C2CC(C(F)(F)F)=NN2c2ccc(SN)cc2)cc1C. The molecule has 1 unspecified atom stereocenters. The van der Waals surface area contributed by atoms with E-state index in [0.29, 0.717) is 5.69 Å². The molecule has 1 aliphatic heterocycles. The van der Waals surface area contributed by atoms with Gasteiger partial charge in [-0.25, -0.2) is 0 Å². The number of aryl methyl sites for hydroxylation is 2.